The molecule has 0 amide bonds. The van der Waals surface area contributed by atoms with Crippen LogP contribution in [0.4, 0.5) is 0 Å². The van der Waals surface area contributed by atoms with Crippen molar-refractivity contribution in [2.45, 2.75) is 91.2 Å². The van der Waals surface area contributed by atoms with Gasteiger partial charge in [-0.25, -0.2) is 0 Å². The average Bonchev–Trinajstić information content (AvgIpc) is 3.32. The van der Waals surface area contributed by atoms with Crippen LogP contribution in [0.2, 0.25) is 37.3 Å². The molecule has 6 heterocycles. The van der Waals surface area contributed by atoms with Crippen LogP contribution >= 0.6 is 0 Å². The number of nitrogens with zero attached hydrogens (tertiary/aromatic N) is 4. The average molecular weight is 1270 g/mol. The van der Waals surface area contributed by atoms with E-state index < -0.39 is 16.1 Å². The summed E-state index contributed by atoms with van der Waals surface area (Å²) in [5, 5.41) is 3.18. The Morgan fingerprint density at radius 2 is 0.881 bits per heavy atom. The second-order valence-electron chi connectivity index (χ2n) is 18.5. The molecule has 2 fully saturated rings. The standard InChI is InChI=1S/C19H24NSi.C16H18NSi.2C12H10N.2Ir/c1-15(2)12-17-13-18(16-8-5-4-6-9-16)20-14-19(17)21(3)10-7-11-21;1-13-11-15(14-7-4-3-5-8-14)17-12-16(13)18(2)9-6-10-18;2*1-10-6-5-9-13-12(10)11-7-3-2-4-8-11;;/h4-6,8,13-15H,7,10-12H2,1-3H3;3-5,7,11-12H,6,9-10H2,1-2H3;2*2-7,9H,1H3;;/q4*-1;;. The fraction of sp³-hybridized carbons (Fsp3) is 0.254. The van der Waals surface area contributed by atoms with Gasteiger partial charge in [0.1, 0.15) is 0 Å². The van der Waals surface area contributed by atoms with E-state index in [4.69, 9.17) is 4.98 Å². The van der Waals surface area contributed by atoms with Crippen molar-refractivity contribution < 1.29 is 40.2 Å². The van der Waals surface area contributed by atoms with E-state index in [1.165, 1.54) is 60.1 Å². The molecule has 4 aromatic carbocycles. The Morgan fingerprint density at radius 1 is 0.478 bits per heavy atom. The Balaban J connectivity index is 0.000000169. The van der Waals surface area contributed by atoms with Crippen molar-refractivity contribution in [3.63, 3.8) is 0 Å². The Kier molecular flexibility index (Phi) is 20.3. The number of rotatable bonds is 8. The molecule has 8 heteroatoms. The summed E-state index contributed by atoms with van der Waals surface area (Å²) in [6.07, 6.45) is 11.9. The minimum absolute atomic E-state index is 0. The van der Waals surface area contributed by atoms with Crippen molar-refractivity contribution in [1.82, 2.24) is 19.9 Å². The molecule has 4 aromatic heterocycles. The topological polar surface area (TPSA) is 51.6 Å². The molecule has 0 aliphatic carbocycles. The van der Waals surface area contributed by atoms with Gasteiger partial charge in [0.15, 0.2) is 0 Å². The Labute approximate surface area is 430 Å². The van der Waals surface area contributed by atoms with Gasteiger partial charge in [0.25, 0.3) is 0 Å². The van der Waals surface area contributed by atoms with E-state index in [1.54, 1.807) is 15.9 Å². The smallest absolute Gasteiger partial charge is 0.0859 e. The first-order valence-electron chi connectivity index (χ1n) is 23.2. The SMILES string of the molecule is CC(C)Cc1cc(-c2[c-]cccc2)ncc1[Si]1(C)CCC1.Cc1cc(-c2[c-]cccc2)ncc1[Si]1(C)CCC1.Cc1cccnc1-c1[c-]cccc1.Cc1cccnc1-c1[c-]cccc1.[Ir].[Ir]. The van der Waals surface area contributed by atoms with Gasteiger partial charge in [-0.15, -0.1) is 144 Å². The maximum atomic E-state index is 4.77. The molecule has 2 aliphatic rings. The predicted octanol–water partition coefficient (Wildman–Crippen LogP) is 13.7. The van der Waals surface area contributed by atoms with Crippen LogP contribution in [0.15, 0.2) is 158 Å². The molecule has 348 valence electrons. The third kappa shape index (κ3) is 14.1. The van der Waals surface area contributed by atoms with Gasteiger partial charge in [-0.3, -0.25) is 0 Å². The third-order valence-electron chi connectivity index (χ3n) is 12.9. The molecule has 0 N–H and O–H groups in total. The van der Waals surface area contributed by atoms with Gasteiger partial charge in [-0.2, -0.15) is 0 Å². The third-order valence-corrected chi connectivity index (χ3v) is 22.3. The normalized spacial score (nSPS) is 13.7. The number of aryl methyl sites for hydroxylation is 3. The Morgan fingerprint density at radius 3 is 1.24 bits per heavy atom. The zero-order valence-electron chi connectivity index (χ0n) is 40.0. The van der Waals surface area contributed by atoms with Crippen LogP contribution in [0.1, 0.15) is 48.9 Å². The van der Waals surface area contributed by atoms with Crippen LogP contribution in [0, 0.1) is 51.0 Å². The molecule has 10 rings (SSSR count). The summed E-state index contributed by atoms with van der Waals surface area (Å²) in [5.41, 5.74) is 13.8. The second kappa shape index (κ2) is 25.5. The monoisotopic (exact) mass is 1270 g/mol. The Hall–Kier alpha value is -4.79. The van der Waals surface area contributed by atoms with Gasteiger partial charge < -0.3 is 19.9 Å². The van der Waals surface area contributed by atoms with Crippen LogP contribution in [-0.2, 0) is 46.6 Å². The summed E-state index contributed by atoms with van der Waals surface area (Å²) < 4.78 is 0. The molecule has 67 heavy (non-hydrogen) atoms. The van der Waals surface area contributed by atoms with Gasteiger partial charge in [0, 0.05) is 65.0 Å². The molecule has 2 saturated heterocycles. The molecule has 0 atom stereocenters. The molecular formula is C59H62Ir2N4Si2-4. The first kappa shape index (κ1) is 53.2. The summed E-state index contributed by atoms with van der Waals surface area (Å²) in [7, 11) is -2.29. The van der Waals surface area contributed by atoms with E-state index in [0.717, 1.165) is 45.0 Å². The molecule has 8 aromatic rings. The minimum Gasteiger partial charge on any atom is -0.305 e. The summed E-state index contributed by atoms with van der Waals surface area (Å²) in [5.74, 6) is 0.691. The van der Waals surface area contributed by atoms with Gasteiger partial charge in [-0.1, -0.05) is 110 Å². The maximum absolute atomic E-state index is 4.77. The van der Waals surface area contributed by atoms with Crippen molar-refractivity contribution >= 4 is 26.5 Å². The van der Waals surface area contributed by atoms with Crippen LogP contribution in [0.5, 0.6) is 0 Å². The second-order valence-corrected chi connectivity index (χ2v) is 27.8. The zero-order chi connectivity index (χ0) is 45.7. The fourth-order valence-electron chi connectivity index (χ4n) is 8.81. The first-order chi connectivity index (χ1) is 31.5. The van der Waals surface area contributed by atoms with Gasteiger partial charge in [0.05, 0.1) is 16.1 Å². The number of hydrogen-bond acceptors (Lipinski definition) is 4. The summed E-state index contributed by atoms with van der Waals surface area (Å²) >= 11 is 0. The van der Waals surface area contributed by atoms with E-state index in [9.17, 15) is 0 Å². The van der Waals surface area contributed by atoms with Crippen molar-refractivity contribution in [2.75, 3.05) is 0 Å². The fourth-order valence-corrected chi connectivity index (χ4v) is 15.4. The minimum atomic E-state index is -1.18. The molecular weight excluding hydrogens is 1210 g/mol. The summed E-state index contributed by atoms with van der Waals surface area (Å²) in [6, 6.07) is 63.2. The summed E-state index contributed by atoms with van der Waals surface area (Å²) in [6.45, 7) is 16.0. The molecule has 0 spiro atoms. The quantitative estimate of drug-likeness (QED) is 0.112. The van der Waals surface area contributed by atoms with Crippen molar-refractivity contribution in [3.05, 3.63) is 205 Å². The molecule has 0 bridgehead atoms. The van der Waals surface area contributed by atoms with Crippen LogP contribution < -0.4 is 10.4 Å². The molecule has 0 unspecified atom stereocenters. The Bertz CT molecular complexity index is 2650. The zero-order valence-corrected chi connectivity index (χ0v) is 46.8. The van der Waals surface area contributed by atoms with E-state index in [0.29, 0.717) is 5.92 Å². The number of aromatic nitrogens is 4. The molecule has 2 aliphatic heterocycles. The van der Waals surface area contributed by atoms with Crippen LogP contribution in [-0.4, -0.2) is 36.1 Å². The van der Waals surface area contributed by atoms with E-state index in [2.05, 4.69) is 142 Å². The molecule has 2 radical (unpaired) electrons. The van der Waals surface area contributed by atoms with Crippen LogP contribution in [0.25, 0.3) is 45.0 Å². The number of hydrogen-bond donors (Lipinski definition) is 0. The van der Waals surface area contributed by atoms with Gasteiger partial charge >= 0.3 is 0 Å². The van der Waals surface area contributed by atoms with Gasteiger partial charge in [-0.05, 0) is 78.4 Å². The van der Waals surface area contributed by atoms with Gasteiger partial charge in [0.2, 0.25) is 0 Å². The van der Waals surface area contributed by atoms with Crippen molar-refractivity contribution in [1.29, 1.82) is 0 Å². The van der Waals surface area contributed by atoms with Crippen molar-refractivity contribution in [2.24, 2.45) is 5.92 Å². The van der Waals surface area contributed by atoms with Crippen molar-refractivity contribution in [3.8, 4) is 45.0 Å². The molecule has 0 saturated carbocycles. The predicted molar refractivity (Wildman–Crippen MR) is 278 cm³/mol. The maximum Gasteiger partial charge on any atom is 0.0859 e. The van der Waals surface area contributed by atoms with E-state index in [-0.39, 0.29) is 40.2 Å². The largest absolute Gasteiger partial charge is 0.305 e. The van der Waals surface area contributed by atoms with Crippen LogP contribution in [0.3, 0.4) is 0 Å². The molecule has 4 nitrogen and oxygen atoms in total. The number of pyridine rings is 4. The van der Waals surface area contributed by atoms with E-state index in [1.807, 2.05) is 103 Å². The van der Waals surface area contributed by atoms with E-state index >= 15 is 0 Å². The number of benzene rings is 4. The first-order valence-corrected chi connectivity index (χ1v) is 29.0. The summed E-state index contributed by atoms with van der Waals surface area (Å²) in [4.78, 5) is 18.1.